The second-order valence-electron chi connectivity index (χ2n) is 4.99. The SMILES string of the molecule is CCCCCCC(O)CCCCCC(C)O. The summed E-state index contributed by atoms with van der Waals surface area (Å²) < 4.78 is 0. The van der Waals surface area contributed by atoms with Crippen molar-refractivity contribution >= 4 is 0 Å². The van der Waals surface area contributed by atoms with Gasteiger partial charge in [0.15, 0.2) is 0 Å². The molecule has 0 bridgehead atoms. The highest BCUT2D eigenvalue weighted by atomic mass is 16.3. The van der Waals surface area contributed by atoms with Crippen LogP contribution >= 0.6 is 0 Å². The van der Waals surface area contributed by atoms with Crippen molar-refractivity contribution in [3.63, 3.8) is 0 Å². The van der Waals surface area contributed by atoms with Gasteiger partial charge < -0.3 is 10.2 Å². The first-order valence-electron chi connectivity index (χ1n) is 7.03. The fourth-order valence-corrected chi connectivity index (χ4v) is 1.95. The first kappa shape index (κ1) is 15.9. The van der Waals surface area contributed by atoms with E-state index in [4.69, 9.17) is 5.11 Å². The second kappa shape index (κ2) is 11.4. The van der Waals surface area contributed by atoms with Gasteiger partial charge in [0.25, 0.3) is 0 Å². The molecule has 98 valence electrons. The van der Waals surface area contributed by atoms with E-state index in [1.165, 1.54) is 25.7 Å². The lowest BCUT2D eigenvalue weighted by Crippen LogP contribution is -2.06. The standard InChI is InChI=1S/C14H30O2/c1-3-4-5-8-11-14(16)12-9-6-7-10-13(2)15/h13-16H,3-12H2,1-2H3. The average Bonchev–Trinajstić information content (AvgIpc) is 2.23. The Morgan fingerprint density at radius 3 is 1.75 bits per heavy atom. The van der Waals surface area contributed by atoms with Crippen LogP contribution in [0.4, 0.5) is 0 Å². The molecule has 0 radical (unpaired) electrons. The van der Waals surface area contributed by atoms with E-state index in [0.717, 1.165) is 38.5 Å². The summed E-state index contributed by atoms with van der Waals surface area (Å²) in [5.41, 5.74) is 0. The molecule has 16 heavy (non-hydrogen) atoms. The number of aliphatic hydroxyl groups is 2. The van der Waals surface area contributed by atoms with Gasteiger partial charge in [-0.3, -0.25) is 0 Å². The van der Waals surface area contributed by atoms with Crippen molar-refractivity contribution in [1.29, 1.82) is 0 Å². The molecular weight excluding hydrogens is 200 g/mol. The van der Waals surface area contributed by atoms with Crippen LogP contribution in [0.3, 0.4) is 0 Å². The number of unbranched alkanes of at least 4 members (excludes halogenated alkanes) is 5. The van der Waals surface area contributed by atoms with Gasteiger partial charge in [-0.15, -0.1) is 0 Å². The van der Waals surface area contributed by atoms with Crippen molar-refractivity contribution in [2.45, 2.75) is 90.3 Å². The molecule has 0 fully saturated rings. The van der Waals surface area contributed by atoms with Crippen LogP contribution in [0.15, 0.2) is 0 Å². The highest BCUT2D eigenvalue weighted by Gasteiger charge is 2.03. The van der Waals surface area contributed by atoms with Crippen LogP contribution in [-0.4, -0.2) is 22.4 Å². The van der Waals surface area contributed by atoms with Gasteiger partial charge in [0, 0.05) is 0 Å². The van der Waals surface area contributed by atoms with E-state index in [1.807, 2.05) is 6.92 Å². The lowest BCUT2D eigenvalue weighted by atomic mass is 10.0. The first-order valence-corrected chi connectivity index (χ1v) is 7.03. The normalized spacial score (nSPS) is 15.0. The van der Waals surface area contributed by atoms with Crippen molar-refractivity contribution in [2.75, 3.05) is 0 Å². The molecule has 0 amide bonds. The van der Waals surface area contributed by atoms with Crippen LogP contribution in [-0.2, 0) is 0 Å². The Balaban J connectivity index is 3.14. The van der Waals surface area contributed by atoms with Gasteiger partial charge >= 0.3 is 0 Å². The van der Waals surface area contributed by atoms with E-state index in [-0.39, 0.29) is 12.2 Å². The average molecular weight is 230 g/mol. The highest BCUT2D eigenvalue weighted by Crippen LogP contribution is 2.12. The summed E-state index contributed by atoms with van der Waals surface area (Å²) in [6.07, 6.45) is 10.8. The summed E-state index contributed by atoms with van der Waals surface area (Å²) in [6.45, 7) is 4.04. The van der Waals surface area contributed by atoms with Gasteiger partial charge in [-0.2, -0.15) is 0 Å². The van der Waals surface area contributed by atoms with E-state index in [2.05, 4.69) is 6.92 Å². The van der Waals surface area contributed by atoms with E-state index in [9.17, 15) is 5.11 Å². The topological polar surface area (TPSA) is 40.5 Å². The van der Waals surface area contributed by atoms with Gasteiger partial charge in [-0.1, -0.05) is 51.9 Å². The molecule has 0 heterocycles. The largest absolute Gasteiger partial charge is 0.393 e. The molecular formula is C14H30O2. The predicted octanol–water partition coefficient (Wildman–Crippen LogP) is 3.65. The van der Waals surface area contributed by atoms with Crippen molar-refractivity contribution in [3.05, 3.63) is 0 Å². The van der Waals surface area contributed by atoms with E-state index < -0.39 is 0 Å². The van der Waals surface area contributed by atoms with E-state index in [0.29, 0.717) is 0 Å². The fourth-order valence-electron chi connectivity index (χ4n) is 1.95. The molecule has 2 heteroatoms. The second-order valence-corrected chi connectivity index (χ2v) is 4.99. The molecule has 0 rings (SSSR count). The van der Waals surface area contributed by atoms with Crippen molar-refractivity contribution in [1.82, 2.24) is 0 Å². The molecule has 0 aliphatic rings. The van der Waals surface area contributed by atoms with Crippen LogP contribution in [0.25, 0.3) is 0 Å². The molecule has 0 spiro atoms. The zero-order chi connectivity index (χ0) is 12.2. The molecule has 2 nitrogen and oxygen atoms in total. The molecule has 0 saturated heterocycles. The van der Waals surface area contributed by atoms with Gasteiger partial charge in [-0.25, -0.2) is 0 Å². The van der Waals surface area contributed by atoms with E-state index in [1.54, 1.807) is 0 Å². The molecule has 2 unspecified atom stereocenters. The van der Waals surface area contributed by atoms with Gasteiger partial charge in [0.05, 0.1) is 12.2 Å². The lowest BCUT2D eigenvalue weighted by Gasteiger charge is -2.10. The van der Waals surface area contributed by atoms with Gasteiger partial charge in [0.1, 0.15) is 0 Å². The third-order valence-corrected chi connectivity index (χ3v) is 3.05. The molecule has 0 aliphatic heterocycles. The lowest BCUT2D eigenvalue weighted by molar-refractivity contribution is 0.145. The molecule has 2 atom stereocenters. The Morgan fingerprint density at radius 1 is 0.750 bits per heavy atom. The maximum absolute atomic E-state index is 9.71. The Bertz CT molecular complexity index is 135. The molecule has 0 saturated carbocycles. The molecule has 0 aromatic heterocycles. The quantitative estimate of drug-likeness (QED) is 0.532. The van der Waals surface area contributed by atoms with Crippen LogP contribution in [0, 0.1) is 0 Å². The van der Waals surface area contributed by atoms with Gasteiger partial charge in [-0.05, 0) is 26.2 Å². The van der Waals surface area contributed by atoms with Crippen molar-refractivity contribution in [3.8, 4) is 0 Å². The third-order valence-electron chi connectivity index (χ3n) is 3.05. The third kappa shape index (κ3) is 12.0. The minimum atomic E-state index is -0.168. The first-order chi connectivity index (χ1) is 7.66. The summed E-state index contributed by atoms with van der Waals surface area (Å²) in [6, 6.07) is 0. The van der Waals surface area contributed by atoms with Crippen molar-refractivity contribution < 1.29 is 10.2 Å². The summed E-state index contributed by atoms with van der Waals surface area (Å²) in [5, 5.41) is 18.8. The number of rotatable bonds is 11. The molecule has 0 aromatic carbocycles. The van der Waals surface area contributed by atoms with Crippen LogP contribution < -0.4 is 0 Å². The molecule has 0 aromatic rings. The number of aliphatic hydroxyl groups excluding tert-OH is 2. The van der Waals surface area contributed by atoms with Crippen LogP contribution in [0.5, 0.6) is 0 Å². The zero-order valence-corrected chi connectivity index (χ0v) is 11.1. The smallest absolute Gasteiger partial charge is 0.0540 e. The Labute approximate surface area is 101 Å². The Morgan fingerprint density at radius 2 is 1.25 bits per heavy atom. The maximum Gasteiger partial charge on any atom is 0.0540 e. The van der Waals surface area contributed by atoms with Crippen LogP contribution in [0.1, 0.15) is 78.1 Å². The summed E-state index contributed by atoms with van der Waals surface area (Å²) >= 11 is 0. The fraction of sp³-hybridized carbons (Fsp3) is 1.00. The summed E-state index contributed by atoms with van der Waals surface area (Å²) in [7, 11) is 0. The summed E-state index contributed by atoms with van der Waals surface area (Å²) in [4.78, 5) is 0. The number of hydrogen-bond acceptors (Lipinski definition) is 2. The van der Waals surface area contributed by atoms with E-state index >= 15 is 0 Å². The van der Waals surface area contributed by atoms with Crippen LogP contribution in [0.2, 0.25) is 0 Å². The highest BCUT2D eigenvalue weighted by molar-refractivity contribution is 4.57. The minimum Gasteiger partial charge on any atom is -0.393 e. The zero-order valence-electron chi connectivity index (χ0n) is 11.1. The molecule has 2 N–H and O–H groups in total. The molecule has 0 aliphatic carbocycles. The van der Waals surface area contributed by atoms with Crippen molar-refractivity contribution in [2.24, 2.45) is 0 Å². The Kier molecular flexibility index (Phi) is 11.3. The maximum atomic E-state index is 9.71. The predicted molar refractivity (Wildman–Crippen MR) is 69.5 cm³/mol. The number of hydrogen-bond donors (Lipinski definition) is 2. The summed E-state index contributed by atoms with van der Waals surface area (Å²) in [5.74, 6) is 0. The monoisotopic (exact) mass is 230 g/mol. The van der Waals surface area contributed by atoms with Gasteiger partial charge in [0.2, 0.25) is 0 Å². The Hall–Kier alpha value is -0.0800. The minimum absolute atomic E-state index is 0.0941.